The average molecular weight is 311 g/mol. The highest BCUT2D eigenvalue weighted by molar-refractivity contribution is 6.35. The van der Waals surface area contributed by atoms with E-state index in [1.807, 2.05) is 43.3 Å². The first-order valence-corrected chi connectivity index (χ1v) is 7.61. The molecule has 3 atom stereocenters. The van der Waals surface area contributed by atoms with Gasteiger partial charge < -0.3 is 9.47 Å². The topological polar surface area (TPSA) is 18.5 Å². The number of halogens is 2. The fraction of sp³-hybridized carbons (Fsp3) is 0.375. The monoisotopic (exact) mass is 310 g/mol. The molecule has 0 amide bonds. The van der Waals surface area contributed by atoms with Crippen LogP contribution in [0.4, 0.5) is 0 Å². The molecule has 1 aliphatic rings. The number of benzene rings is 2. The van der Waals surface area contributed by atoms with Crippen LogP contribution in [0.3, 0.4) is 0 Å². The van der Waals surface area contributed by atoms with Gasteiger partial charge in [0.25, 0.3) is 0 Å². The average Bonchev–Trinajstić information content (AvgIpc) is 2.47. The van der Waals surface area contributed by atoms with E-state index in [9.17, 15) is 0 Å². The predicted octanol–water partition coefficient (Wildman–Crippen LogP) is 4.66. The fourth-order valence-electron chi connectivity index (χ4n) is 2.55. The molecule has 2 nitrogen and oxygen atoms in total. The van der Waals surface area contributed by atoms with E-state index < -0.39 is 0 Å². The molecule has 1 saturated carbocycles. The Labute approximate surface area is 128 Å². The van der Waals surface area contributed by atoms with Crippen molar-refractivity contribution in [1.82, 2.24) is 0 Å². The molecule has 0 saturated heterocycles. The lowest BCUT2D eigenvalue weighted by atomic mass is 9.90. The minimum absolute atomic E-state index is 0.0158. The van der Waals surface area contributed by atoms with Gasteiger partial charge in [-0.2, -0.15) is 0 Å². The third kappa shape index (κ3) is 2.48. The summed E-state index contributed by atoms with van der Waals surface area (Å²) in [6, 6.07) is 11.7. The third-order valence-corrected chi connectivity index (χ3v) is 4.40. The summed E-state index contributed by atoms with van der Waals surface area (Å²) in [7, 11) is 0. The summed E-state index contributed by atoms with van der Waals surface area (Å²) in [5, 5.41) is 2.80. The quantitative estimate of drug-likeness (QED) is 0.765. The second-order valence-electron chi connectivity index (χ2n) is 4.92. The molecule has 0 aliphatic heterocycles. The smallest absolute Gasteiger partial charge is 0.128 e. The highest BCUT2D eigenvalue weighted by Crippen LogP contribution is 2.37. The number of rotatable bonds is 4. The Bertz CT molecular complexity index is 614. The maximum atomic E-state index is 6.21. The zero-order valence-corrected chi connectivity index (χ0v) is 12.7. The Balaban J connectivity index is 1.87. The molecular formula is C16H16Cl2O2. The summed E-state index contributed by atoms with van der Waals surface area (Å²) in [4.78, 5) is 0. The van der Waals surface area contributed by atoms with Crippen LogP contribution in [0.25, 0.3) is 10.8 Å². The summed E-state index contributed by atoms with van der Waals surface area (Å²) >= 11 is 12.4. The number of hydrogen-bond acceptors (Lipinski definition) is 2. The van der Waals surface area contributed by atoms with Crippen molar-refractivity contribution in [1.29, 1.82) is 0 Å². The lowest BCUT2D eigenvalue weighted by molar-refractivity contribution is -0.0754. The summed E-state index contributed by atoms with van der Waals surface area (Å²) < 4.78 is 11.7. The minimum atomic E-state index is -0.0314. The molecule has 1 aliphatic carbocycles. The van der Waals surface area contributed by atoms with Gasteiger partial charge in [0.2, 0.25) is 0 Å². The van der Waals surface area contributed by atoms with Gasteiger partial charge in [0.1, 0.15) is 18.0 Å². The van der Waals surface area contributed by atoms with Crippen molar-refractivity contribution >= 4 is 34.0 Å². The molecule has 3 rings (SSSR count). The first-order chi connectivity index (χ1) is 9.70. The van der Waals surface area contributed by atoms with Gasteiger partial charge in [0.15, 0.2) is 0 Å². The molecule has 20 heavy (non-hydrogen) atoms. The van der Waals surface area contributed by atoms with Crippen molar-refractivity contribution in [2.75, 3.05) is 6.61 Å². The van der Waals surface area contributed by atoms with E-state index in [0.717, 1.165) is 28.0 Å². The van der Waals surface area contributed by atoms with E-state index in [0.29, 0.717) is 6.61 Å². The Morgan fingerprint density at radius 3 is 2.60 bits per heavy atom. The summed E-state index contributed by atoms with van der Waals surface area (Å²) in [6.07, 6.45) is 0.793. The SMILES string of the molecule is CCOC1C(Cl)CC1Oc1ccc(Cl)c2ccccc12. The molecule has 0 radical (unpaired) electrons. The Morgan fingerprint density at radius 1 is 1.15 bits per heavy atom. The molecule has 0 aromatic heterocycles. The van der Waals surface area contributed by atoms with Crippen LogP contribution in [-0.2, 0) is 4.74 Å². The standard InChI is InChI=1S/C16H16Cl2O2/c1-2-19-16-13(18)9-15(16)20-14-8-7-12(17)10-5-3-4-6-11(10)14/h3-8,13,15-16H,2,9H2,1H3. The van der Waals surface area contributed by atoms with Crippen LogP contribution in [0.1, 0.15) is 13.3 Å². The molecule has 0 N–H and O–H groups in total. The summed E-state index contributed by atoms with van der Waals surface area (Å²) in [6.45, 7) is 2.62. The minimum Gasteiger partial charge on any atom is -0.487 e. The number of fused-ring (bicyclic) bond motifs is 1. The van der Waals surface area contributed by atoms with E-state index in [1.165, 1.54) is 0 Å². The first-order valence-electron chi connectivity index (χ1n) is 6.80. The van der Waals surface area contributed by atoms with Crippen molar-refractivity contribution in [2.45, 2.75) is 30.9 Å². The lowest BCUT2D eigenvalue weighted by Gasteiger charge is -2.40. The molecule has 1 fully saturated rings. The van der Waals surface area contributed by atoms with Crippen molar-refractivity contribution < 1.29 is 9.47 Å². The van der Waals surface area contributed by atoms with Gasteiger partial charge in [-0.1, -0.05) is 35.9 Å². The van der Waals surface area contributed by atoms with Gasteiger partial charge in [-0.05, 0) is 19.1 Å². The number of hydrogen-bond donors (Lipinski definition) is 0. The predicted molar refractivity (Wildman–Crippen MR) is 83.0 cm³/mol. The Hall–Kier alpha value is -0.960. The van der Waals surface area contributed by atoms with Gasteiger partial charge in [-0.25, -0.2) is 0 Å². The van der Waals surface area contributed by atoms with E-state index in [4.69, 9.17) is 32.7 Å². The molecule has 0 bridgehead atoms. The van der Waals surface area contributed by atoms with E-state index in [1.54, 1.807) is 0 Å². The van der Waals surface area contributed by atoms with Crippen LogP contribution >= 0.6 is 23.2 Å². The zero-order valence-electron chi connectivity index (χ0n) is 11.2. The number of alkyl halides is 1. The molecule has 2 aromatic carbocycles. The second kappa shape index (κ2) is 5.80. The van der Waals surface area contributed by atoms with Gasteiger partial charge in [0, 0.05) is 28.8 Å². The molecule has 0 heterocycles. The van der Waals surface area contributed by atoms with Crippen LogP contribution in [0, 0.1) is 0 Å². The third-order valence-electron chi connectivity index (χ3n) is 3.65. The van der Waals surface area contributed by atoms with Crippen LogP contribution in [0.5, 0.6) is 5.75 Å². The van der Waals surface area contributed by atoms with Crippen LogP contribution in [0.2, 0.25) is 5.02 Å². The molecule has 106 valence electrons. The first kappa shape index (κ1) is 14.0. The second-order valence-corrected chi connectivity index (χ2v) is 5.89. The largest absolute Gasteiger partial charge is 0.487 e. The maximum absolute atomic E-state index is 6.21. The van der Waals surface area contributed by atoms with Crippen LogP contribution in [-0.4, -0.2) is 24.2 Å². The van der Waals surface area contributed by atoms with Gasteiger partial charge in [-0.3, -0.25) is 0 Å². The van der Waals surface area contributed by atoms with Gasteiger partial charge in [0.05, 0.1) is 5.38 Å². The van der Waals surface area contributed by atoms with Crippen molar-refractivity contribution in [3.05, 3.63) is 41.4 Å². The summed E-state index contributed by atoms with van der Waals surface area (Å²) in [5.74, 6) is 0.836. The fourth-order valence-corrected chi connectivity index (χ4v) is 3.19. The highest BCUT2D eigenvalue weighted by atomic mass is 35.5. The number of ether oxygens (including phenoxy) is 2. The van der Waals surface area contributed by atoms with E-state index >= 15 is 0 Å². The molecule has 2 aromatic rings. The van der Waals surface area contributed by atoms with Crippen molar-refractivity contribution in [2.24, 2.45) is 0 Å². The van der Waals surface area contributed by atoms with E-state index in [2.05, 4.69) is 0 Å². The van der Waals surface area contributed by atoms with Gasteiger partial charge >= 0.3 is 0 Å². The van der Waals surface area contributed by atoms with E-state index in [-0.39, 0.29) is 17.6 Å². The maximum Gasteiger partial charge on any atom is 0.128 e. The molecule has 0 spiro atoms. The molecular weight excluding hydrogens is 295 g/mol. The van der Waals surface area contributed by atoms with Gasteiger partial charge in [-0.15, -0.1) is 11.6 Å². The Morgan fingerprint density at radius 2 is 1.90 bits per heavy atom. The van der Waals surface area contributed by atoms with Crippen LogP contribution in [0.15, 0.2) is 36.4 Å². The normalized spacial score (nSPS) is 25.4. The lowest BCUT2D eigenvalue weighted by Crippen LogP contribution is -2.52. The molecule has 4 heteroatoms. The summed E-state index contributed by atoms with van der Waals surface area (Å²) in [5.41, 5.74) is 0. The zero-order chi connectivity index (χ0) is 14.1. The van der Waals surface area contributed by atoms with Crippen LogP contribution < -0.4 is 4.74 Å². The Kier molecular flexibility index (Phi) is 4.06. The molecule has 3 unspecified atom stereocenters. The highest BCUT2D eigenvalue weighted by Gasteiger charge is 2.42. The van der Waals surface area contributed by atoms with Crippen molar-refractivity contribution in [3.63, 3.8) is 0 Å². The van der Waals surface area contributed by atoms with Crippen molar-refractivity contribution in [3.8, 4) is 5.75 Å².